The molecule has 3 heteroatoms. The fraction of sp³-hybridized carbons (Fsp3) is 0.588. The summed E-state index contributed by atoms with van der Waals surface area (Å²) in [6, 6.07) is 9.71. The molecule has 0 bridgehead atoms. The van der Waals surface area contributed by atoms with Crippen molar-refractivity contribution in [2.45, 2.75) is 47.1 Å². The molecule has 1 unspecified atom stereocenters. The lowest BCUT2D eigenvalue weighted by atomic mass is 9.83. The van der Waals surface area contributed by atoms with Crippen LogP contribution in [0.5, 0.6) is 0 Å². The molecular formula is C17H29NO2. The number of nitrogens with one attached hydrogen (secondary N) is 1. The third-order valence-electron chi connectivity index (χ3n) is 3.23. The molecule has 0 aliphatic rings. The molecule has 0 fully saturated rings. The zero-order valence-electron chi connectivity index (χ0n) is 13.1. The first kappa shape index (κ1) is 16.5. The van der Waals surface area contributed by atoms with Gasteiger partial charge in [0.2, 0.25) is 0 Å². The van der Waals surface area contributed by atoms with Crippen molar-refractivity contribution in [3.05, 3.63) is 35.9 Å². The lowest BCUT2D eigenvalue weighted by Crippen LogP contribution is -2.31. The van der Waals surface area contributed by atoms with E-state index in [1.54, 1.807) is 0 Å². The minimum absolute atomic E-state index is 0. The number of rotatable bonds is 6. The highest BCUT2D eigenvalue weighted by Gasteiger charge is 2.18. The van der Waals surface area contributed by atoms with Crippen molar-refractivity contribution in [2.75, 3.05) is 6.54 Å². The second-order valence-corrected chi connectivity index (χ2v) is 6.48. The van der Waals surface area contributed by atoms with Crippen molar-refractivity contribution in [3.8, 4) is 0 Å². The number of hydrogen-bond donors (Lipinski definition) is 1. The van der Waals surface area contributed by atoms with Gasteiger partial charge in [-0.3, -0.25) is 0 Å². The summed E-state index contributed by atoms with van der Waals surface area (Å²) < 4.78 is 5.20. The SMILES string of the molecule is CCC(CNC(=O)OCc1ccccc1)CC(C)(C)C.[HH]. The molecule has 0 radical (unpaired) electrons. The van der Waals surface area contributed by atoms with E-state index in [1.165, 1.54) is 0 Å². The zero-order chi connectivity index (χ0) is 15.0. The van der Waals surface area contributed by atoms with Gasteiger partial charge in [-0.25, -0.2) is 4.79 Å². The van der Waals surface area contributed by atoms with Gasteiger partial charge in [-0.05, 0) is 23.3 Å². The van der Waals surface area contributed by atoms with Gasteiger partial charge in [0.05, 0.1) is 0 Å². The predicted molar refractivity (Wildman–Crippen MR) is 84.6 cm³/mol. The summed E-state index contributed by atoms with van der Waals surface area (Å²) in [4.78, 5) is 11.7. The lowest BCUT2D eigenvalue weighted by molar-refractivity contribution is 0.136. The fourth-order valence-electron chi connectivity index (χ4n) is 2.23. The number of carbonyl (C=O) groups excluding carboxylic acids is 1. The number of benzene rings is 1. The van der Waals surface area contributed by atoms with E-state index in [0.29, 0.717) is 19.1 Å². The highest BCUT2D eigenvalue weighted by Crippen LogP contribution is 2.25. The quantitative estimate of drug-likeness (QED) is 0.825. The van der Waals surface area contributed by atoms with E-state index in [0.717, 1.165) is 18.4 Å². The van der Waals surface area contributed by atoms with Crippen molar-refractivity contribution < 1.29 is 11.0 Å². The molecule has 1 atom stereocenters. The minimum atomic E-state index is -0.332. The van der Waals surface area contributed by atoms with Crippen LogP contribution in [0.4, 0.5) is 4.79 Å². The molecule has 0 heterocycles. The second kappa shape index (κ2) is 7.93. The fourth-order valence-corrected chi connectivity index (χ4v) is 2.23. The van der Waals surface area contributed by atoms with Gasteiger partial charge in [-0.2, -0.15) is 0 Å². The molecule has 1 N–H and O–H groups in total. The van der Waals surface area contributed by atoms with Crippen LogP contribution in [0, 0.1) is 11.3 Å². The van der Waals surface area contributed by atoms with E-state index in [2.05, 4.69) is 33.0 Å². The van der Waals surface area contributed by atoms with E-state index in [1.807, 2.05) is 30.3 Å². The maximum atomic E-state index is 11.7. The molecule has 0 saturated carbocycles. The topological polar surface area (TPSA) is 38.3 Å². The number of hydrogen-bond acceptors (Lipinski definition) is 2. The summed E-state index contributed by atoms with van der Waals surface area (Å²) >= 11 is 0. The van der Waals surface area contributed by atoms with Crippen LogP contribution in [0.3, 0.4) is 0 Å². The Balaban J connectivity index is 0.00000400. The molecule has 1 amide bonds. The Labute approximate surface area is 124 Å². The third-order valence-corrected chi connectivity index (χ3v) is 3.23. The maximum absolute atomic E-state index is 11.7. The average molecular weight is 279 g/mol. The number of alkyl carbamates (subject to hydrolysis) is 1. The third kappa shape index (κ3) is 7.17. The molecule has 1 rings (SSSR count). The Hall–Kier alpha value is -1.51. The van der Waals surface area contributed by atoms with E-state index in [-0.39, 0.29) is 12.9 Å². The smallest absolute Gasteiger partial charge is 0.407 e. The zero-order valence-corrected chi connectivity index (χ0v) is 13.1. The normalized spacial score (nSPS) is 12.8. The van der Waals surface area contributed by atoms with Crippen LogP contribution in [-0.2, 0) is 11.3 Å². The van der Waals surface area contributed by atoms with Crippen molar-refractivity contribution in [2.24, 2.45) is 11.3 Å². The maximum Gasteiger partial charge on any atom is 0.407 e. The number of ether oxygens (including phenoxy) is 1. The molecule has 114 valence electrons. The van der Waals surface area contributed by atoms with Crippen LogP contribution in [0.15, 0.2) is 30.3 Å². The van der Waals surface area contributed by atoms with Crippen LogP contribution in [-0.4, -0.2) is 12.6 Å². The number of carbonyl (C=O) groups is 1. The summed E-state index contributed by atoms with van der Waals surface area (Å²) in [7, 11) is 0. The molecular weight excluding hydrogens is 250 g/mol. The van der Waals surface area contributed by atoms with E-state index < -0.39 is 0 Å². The van der Waals surface area contributed by atoms with Crippen LogP contribution in [0.1, 0.15) is 47.5 Å². The first-order chi connectivity index (χ1) is 9.40. The summed E-state index contributed by atoms with van der Waals surface area (Å²) in [6.07, 6.45) is 1.83. The van der Waals surface area contributed by atoms with Crippen LogP contribution in [0.2, 0.25) is 0 Å². The Morgan fingerprint density at radius 2 is 1.95 bits per heavy atom. The highest BCUT2D eigenvalue weighted by atomic mass is 16.5. The molecule has 20 heavy (non-hydrogen) atoms. The van der Waals surface area contributed by atoms with Gasteiger partial charge in [0.1, 0.15) is 6.61 Å². The van der Waals surface area contributed by atoms with Crippen molar-refractivity contribution in [1.82, 2.24) is 5.32 Å². The second-order valence-electron chi connectivity index (χ2n) is 6.48. The van der Waals surface area contributed by atoms with Gasteiger partial charge in [-0.15, -0.1) is 0 Å². The number of amides is 1. The van der Waals surface area contributed by atoms with Gasteiger partial charge >= 0.3 is 6.09 Å². The molecule has 0 spiro atoms. The Bertz CT molecular complexity index is 401. The molecule has 1 aromatic rings. The molecule has 0 aliphatic heterocycles. The van der Waals surface area contributed by atoms with E-state index in [4.69, 9.17) is 4.74 Å². The van der Waals surface area contributed by atoms with Gasteiger partial charge in [0, 0.05) is 7.97 Å². The van der Waals surface area contributed by atoms with E-state index in [9.17, 15) is 4.79 Å². The van der Waals surface area contributed by atoms with E-state index >= 15 is 0 Å². The Morgan fingerprint density at radius 1 is 1.30 bits per heavy atom. The van der Waals surface area contributed by atoms with Crippen LogP contribution in [0.25, 0.3) is 0 Å². The van der Waals surface area contributed by atoms with Crippen molar-refractivity contribution in [1.29, 1.82) is 0 Å². The first-order valence-electron chi connectivity index (χ1n) is 7.35. The van der Waals surface area contributed by atoms with Crippen LogP contribution >= 0.6 is 0 Å². The van der Waals surface area contributed by atoms with Gasteiger partial charge in [0.15, 0.2) is 0 Å². The Morgan fingerprint density at radius 3 is 2.50 bits per heavy atom. The average Bonchev–Trinajstić information content (AvgIpc) is 2.41. The first-order valence-corrected chi connectivity index (χ1v) is 7.35. The summed E-state index contributed by atoms with van der Waals surface area (Å²) in [5.74, 6) is 0.499. The summed E-state index contributed by atoms with van der Waals surface area (Å²) in [5.41, 5.74) is 1.29. The summed E-state index contributed by atoms with van der Waals surface area (Å²) in [5, 5.41) is 2.87. The summed E-state index contributed by atoms with van der Waals surface area (Å²) in [6.45, 7) is 9.84. The Kier molecular flexibility index (Phi) is 6.56. The van der Waals surface area contributed by atoms with Crippen molar-refractivity contribution >= 4 is 6.09 Å². The highest BCUT2D eigenvalue weighted by molar-refractivity contribution is 5.67. The monoisotopic (exact) mass is 279 g/mol. The van der Waals surface area contributed by atoms with Gasteiger partial charge < -0.3 is 10.1 Å². The molecule has 0 aromatic heterocycles. The molecule has 0 saturated heterocycles. The molecule has 0 aliphatic carbocycles. The predicted octanol–water partition coefficient (Wildman–Crippen LogP) is 4.62. The largest absolute Gasteiger partial charge is 0.445 e. The standard InChI is InChI=1S/C17H27NO2.H2/c1-5-14(11-17(2,3)4)12-18-16(19)20-13-15-9-7-6-8-10-15;/h6-10,14H,5,11-13H2,1-4H3,(H,18,19);1H. The molecule has 3 nitrogen and oxygen atoms in total. The minimum Gasteiger partial charge on any atom is -0.445 e. The van der Waals surface area contributed by atoms with Crippen molar-refractivity contribution in [3.63, 3.8) is 0 Å². The molecule has 1 aromatic carbocycles. The van der Waals surface area contributed by atoms with Gasteiger partial charge in [0.25, 0.3) is 0 Å². The lowest BCUT2D eigenvalue weighted by Gasteiger charge is -2.25. The van der Waals surface area contributed by atoms with Gasteiger partial charge in [-0.1, -0.05) is 64.4 Å². The van der Waals surface area contributed by atoms with Crippen LogP contribution < -0.4 is 5.32 Å².